The van der Waals surface area contributed by atoms with E-state index >= 15 is 0 Å². The molecule has 6 heteroatoms. The number of aryl methyl sites for hydroxylation is 1. The molecule has 1 aromatic heterocycles. The van der Waals surface area contributed by atoms with Crippen molar-refractivity contribution in [1.82, 2.24) is 4.57 Å². The molecule has 2 rings (SSSR count). The Morgan fingerprint density at radius 3 is 2.73 bits per heavy atom. The van der Waals surface area contributed by atoms with Gasteiger partial charge in [-0.25, -0.2) is 0 Å². The number of hydrogen-bond acceptors (Lipinski definition) is 4. The van der Waals surface area contributed by atoms with Crippen molar-refractivity contribution in [3.8, 4) is 11.5 Å². The summed E-state index contributed by atoms with van der Waals surface area (Å²) in [5.41, 5.74) is 6.32. The first-order valence-corrected chi connectivity index (χ1v) is 7.27. The lowest BCUT2D eigenvalue weighted by atomic mass is 10.2. The van der Waals surface area contributed by atoms with Gasteiger partial charge < -0.3 is 19.8 Å². The van der Waals surface area contributed by atoms with Crippen molar-refractivity contribution >= 4 is 17.2 Å². The van der Waals surface area contributed by atoms with Gasteiger partial charge in [0.2, 0.25) is 0 Å². The quantitative estimate of drug-likeness (QED) is 0.624. The summed E-state index contributed by atoms with van der Waals surface area (Å²) in [7, 11) is 0. The molecular weight excluding hydrogens is 300 g/mol. The minimum Gasteiger partial charge on any atom is -0.490 e. The van der Waals surface area contributed by atoms with Crippen LogP contribution in [0.1, 0.15) is 5.56 Å². The van der Waals surface area contributed by atoms with Crippen molar-refractivity contribution in [3.63, 3.8) is 0 Å². The second-order valence-corrected chi connectivity index (χ2v) is 5.31. The molecule has 0 unspecified atom stereocenters. The van der Waals surface area contributed by atoms with Crippen molar-refractivity contribution in [1.29, 1.82) is 0 Å². The van der Waals surface area contributed by atoms with Crippen LogP contribution in [0.3, 0.4) is 0 Å². The van der Waals surface area contributed by atoms with Crippen molar-refractivity contribution in [2.24, 2.45) is 5.73 Å². The fraction of sp³-hybridized carbons (Fsp3) is 0.250. The molecule has 116 valence electrons. The third kappa shape index (κ3) is 4.60. The zero-order chi connectivity index (χ0) is 15.9. The van der Waals surface area contributed by atoms with Gasteiger partial charge in [0.15, 0.2) is 5.75 Å². The third-order valence-electron chi connectivity index (χ3n) is 2.91. The van der Waals surface area contributed by atoms with Gasteiger partial charge in [-0.2, -0.15) is 0 Å². The van der Waals surface area contributed by atoms with Crippen molar-refractivity contribution in [3.05, 3.63) is 58.5 Å². The van der Waals surface area contributed by atoms with Gasteiger partial charge in [0.05, 0.1) is 11.5 Å². The molecule has 0 spiro atoms. The van der Waals surface area contributed by atoms with Crippen LogP contribution in [0.2, 0.25) is 0 Å². The Labute approximate surface area is 134 Å². The smallest absolute Gasteiger partial charge is 0.293 e. The summed E-state index contributed by atoms with van der Waals surface area (Å²) in [6, 6.07) is 11.1. The minimum absolute atomic E-state index is 0.200. The van der Waals surface area contributed by atoms with E-state index in [1.54, 1.807) is 18.3 Å². The summed E-state index contributed by atoms with van der Waals surface area (Å²) in [5.74, 6) is 1.04. The Morgan fingerprint density at radius 1 is 1.23 bits per heavy atom. The molecule has 5 nitrogen and oxygen atoms in total. The predicted octanol–water partition coefficient (Wildman–Crippen LogP) is 1.90. The second-order valence-electron chi connectivity index (χ2n) is 4.79. The van der Waals surface area contributed by atoms with Crippen molar-refractivity contribution in [2.45, 2.75) is 13.5 Å². The van der Waals surface area contributed by atoms with E-state index in [1.165, 1.54) is 4.57 Å². The molecule has 0 atom stereocenters. The first-order valence-electron chi connectivity index (χ1n) is 6.86. The Bertz CT molecular complexity index is 713. The molecule has 1 aromatic carbocycles. The van der Waals surface area contributed by atoms with Crippen LogP contribution in [0.4, 0.5) is 0 Å². The van der Waals surface area contributed by atoms with E-state index in [4.69, 9.17) is 27.4 Å². The van der Waals surface area contributed by atoms with E-state index in [1.807, 2.05) is 31.2 Å². The predicted molar refractivity (Wildman–Crippen MR) is 89.7 cm³/mol. The van der Waals surface area contributed by atoms with Gasteiger partial charge in [-0.1, -0.05) is 24.4 Å². The SMILES string of the molecule is Cc1cccc(OCCOc2cccn(CC(N)=S)c2=O)c1. The number of aromatic nitrogens is 1. The van der Waals surface area contributed by atoms with Crippen LogP contribution in [-0.4, -0.2) is 22.8 Å². The van der Waals surface area contributed by atoms with Gasteiger partial charge in [0.1, 0.15) is 19.0 Å². The van der Waals surface area contributed by atoms with Gasteiger partial charge in [-0.05, 0) is 36.8 Å². The molecular formula is C16H18N2O3S. The lowest BCUT2D eigenvalue weighted by Crippen LogP contribution is -2.27. The molecule has 0 amide bonds. The summed E-state index contributed by atoms with van der Waals surface area (Å²) in [6.07, 6.45) is 1.62. The topological polar surface area (TPSA) is 66.5 Å². The van der Waals surface area contributed by atoms with Gasteiger partial charge in [0, 0.05) is 6.20 Å². The molecule has 0 aliphatic heterocycles. The molecule has 2 N–H and O–H groups in total. The molecule has 0 aliphatic carbocycles. The maximum absolute atomic E-state index is 12.1. The number of benzene rings is 1. The van der Waals surface area contributed by atoms with Crippen LogP contribution < -0.4 is 20.8 Å². The number of hydrogen-bond donors (Lipinski definition) is 1. The van der Waals surface area contributed by atoms with Crippen LogP contribution in [0.25, 0.3) is 0 Å². The van der Waals surface area contributed by atoms with Gasteiger partial charge in [0.25, 0.3) is 5.56 Å². The molecule has 1 heterocycles. The molecule has 0 fully saturated rings. The molecule has 0 saturated heterocycles. The lowest BCUT2D eigenvalue weighted by Gasteiger charge is -2.10. The lowest BCUT2D eigenvalue weighted by molar-refractivity contribution is 0.214. The molecule has 0 radical (unpaired) electrons. The van der Waals surface area contributed by atoms with E-state index < -0.39 is 0 Å². The summed E-state index contributed by atoms with van der Waals surface area (Å²) >= 11 is 4.81. The third-order valence-corrected chi connectivity index (χ3v) is 3.04. The monoisotopic (exact) mass is 318 g/mol. The second kappa shape index (κ2) is 7.61. The highest BCUT2D eigenvalue weighted by Crippen LogP contribution is 2.12. The average molecular weight is 318 g/mol. The number of nitrogens with two attached hydrogens (primary N) is 1. The summed E-state index contributed by atoms with van der Waals surface area (Å²) in [4.78, 5) is 12.3. The maximum atomic E-state index is 12.1. The standard InChI is InChI=1S/C16H18N2O3S/c1-12-4-2-5-13(10-12)20-8-9-21-14-6-3-7-18(16(14)19)11-15(17)22/h2-7,10H,8-9,11H2,1H3,(H2,17,22). The number of pyridine rings is 1. The largest absolute Gasteiger partial charge is 0.490 e. The highest BCUT2D eigenvalue weighted by molar-refractivity contribution is 7.80. The summed E-state index contributed by atoms with van der Waals surface area (Å²) < 4.78 is 12.5. The van der Waals surface area contributed by atoms with E-state index in [0.717, 1.165) is 11.3 Å². The van der Waals surface area contributed by atoms with Gasteiger partial charge in [-0.3, -0.25) is 4.79 Å². The summed E-state index contributed by atoms with van der Waals surface area (Å²) in [5, 5.41) is 0. The Balaban J connectivity index is 1.89. The number of rotatable bonds is 7. The zero-order valence-corrected chi connectivity index (χ0v) is 13.1. The maximum Gasteiger partial charge on any atom is 0.293 e. The minimum atomic E-state index is -0.258. The fourth-order valence-corrected chi connectivity index (χ4v) is 2.07. The number of nitrogens with zero attached hydrogens (tertiary/aromatic N) is 1. The van der Waals surface area contributed by atoms with E-state index in [9.17, 15) is 4.79 Å². The first kappa shape index (κ1) is 16.0. The van der Waals surface area contributed by atoms with Crippen LogP contribution in [0, 0.1) is 6.92 Å². The summed E-state index contributed by atoms with van der Waals surface area (Å²) in [6.45, 7) is 2.83. The normalized spacial score (nSPS) is 10.2. The Morgan fingerprint density at radius 2 is 2.00 bits per heavy atom. The fourth-order valence-electron chi connectivity index (χ4n) is 1.93. The van der Waals surface area contributed by atoms with E-state index in [-0.39, 0.29) is 29.4 Å². The highest BCUT2D eigenvalue weighted by Gasteiger charge is 2.05. The van der Waals surface area contributed by atoms with Gasteiger partial charge >= 0.3 is 0 Å². The Hall–Kier alpha value is -2.34. The molecule has 0 bridgehead atoms. The molecule has 0 saturated carbocycles. The molecule has 22 heavy (non-hydrogen) atoms. The van der Waals surface area contributed by atoms with Crippen LogP contribution in [0.5, 0.6) is 11.5 Å². The molecule has 0 aliphatic rings. The first-order chi connectivity index (χ1) is 10.6. The van der Waals surface area contributed by atoms with E-state index in [0.29, 0.717) is 6.61 Å². The number of ether oxygens (including phenoxy) is 2. The van der Waals surface area contributed by atoms with Crippen LogP contribution in [-0.2, 0) is 6.54 Å². The van der Waals surface area contributed by atoms with Crippen molar-refractivity contribution in [2.75, 3.05) is 13.2 Å². The van der Waals surface area contributed by atoms with Crippen molar-refractivity contribution < 1.29 is 9.47 Å². The highest BCUT2D eigenvalue weighted by atomic mass is 32.1. The molecule has 2 aromatic rings. The van der Waals surface area contributed by atoms with Crippen LogP contribution in [0.15, 0.2) is 47.4 Å². The van der Waals surface area contributed by atoms with E-state index in [2.05, 4.69) is 0 Å². The Kier molecular flexibility index (Phi) is 5.55. The number of thiocarbonyl (C=S) groups is 1. The zero-order valence-electron chi connectivity index (χ0n) is 12.3. The average Bonchev–Trinajstić information content (AvgIpc) is 2.47. The van der Waals surface area contributed by atoms with Gasteiger partial charge in [-0.15, -0.1) is 0 Å². The van der Waals surface area contributed by atoms with Crippen LogP contribution >= 0.6 is 12.2 Å².